The first-order valence-corrected chi connectivity index (χ1v) is 9.97. The zero-order valence-corrected chi connectivity index (χ0v) is 16.5. The highest BCUT2D eigenvalue weighted by Crippen LogP contribution is 2.32. The van der Waals surface area contributed by atoms with Gasteiger partial charge < -0.3 is 10.3 Å². The Bertz CT molecular complexity index is 774. The fourth-order valence-electron chi connectivity index (χ4n) is 2.63. The molecule has 1 aromatic carbocycles. The lowest BCUT2D eigenvalue weighted by Gasteiger charge is -2.12. The van der Waals surface area contributed by atoms with Crippen LogP contribution in [0.1, 0.15) is 55.2 Å². The second-order valence-electron chi connectivity index (χ2n) is 6.34. The lowest BCUT2D eigenvalue weighted by molar-refractivity contribution is -0.120. The fraction of sp³-hybridized carbons (Fsp3) is 0.450. The number of aromatic amines is 1. The lowest BCUT2D eigenvalue weighted by atomic mass is 10.1. The van der Waals surface area contributed by atoms with Crippen molar-refractivity contribution in [2.45, 2.75) is 56.9 Å². The number of carbonyl (C=O) groups excluding carboxylic acids is 1. The molecule has 0 spiro atoms. The van der Waals surface area contributed by atoms with E-state index in [0.29, 0.717) is 23.0 Å². The van der Waals surface area contributed by atoms with Crippen LogP contribution >= 0.6 is 11.8 Å². The van der Waals surface area contributed by atoms with Gasteiger partial charge >= 0.3 is 0 Å². The Labute approximate surface area is 159 Å². The third-order valence-electron chi connectivity index (χ3n) is 4.20. The van der Waals surface area contributed by atoms with Gasteiger partial charge in [-0.3, -0.25) is 9.59 Å². The highest BCUT2D eigenvalue weighted by Gasteiger charge is 2.15. The van der Waals surface area contributed by atoms with Gasteiger partial charge in [0.05, 0.1) is 6.42 Å². The first-order valence-electron chi connectivity index (χ1n) is 9.09. The standard InChI is InChI=1S/C20H27N3O2S/c1-4-5-9-12-21-18(24)13-17-14(2)22-20(23-19(17)25)26-15(3)16-10-7-6-8-11-16/h6-8,10-11,15H,4-5,9,12-13H2,1-3H3,(H,21,24)(H,22,23,25). The highest BCUT2D eigenvalue weighted by molar-refractivity contribution is 7.99. The van der Waals surface area contributed by atoms with Crippen LogP contribution in [0.3, 0.4) is 0 Å². The minimum absolute atomic E-state index is 0.0689. The van der Waals surface area contributed by atoms with E-state index in [1.807, 2.05) is 18.2 Å². The van der Waals surface area contributed by atoms with Gasteiger partial charge in [0.1, 0.15) is 0 Å². The van der Waals surface area contributed by atoms with Crippen LogP contribution in [0.15, 0.2) is 40.3 Å². The molecule has 6 heteroatoms. The average molecular weight is 374 g/mol. The number of rotatable bonds is 9. The topological polar surface area (TPSA) is 74.8 Å². The number of H-pyrrole nitrogens is 1. The molecule has 1 atom stereocenters. The lowest BCUT2D eigenvalue weighted by Crippen LogP contribution is -2.29. The van der Waals surface area contributed by atoms with Crippen molar-refractivity contribution in [3.8, 4) is 0 Å². The van der Waals surface area contributed by atoms with Crippen molar-refractivity contribution in [1.29, 1.82) is 0 Å². The second kappa shape index (κ2) is 10.2. The summed E-state index contributed by atoms with van der Waals surface area (Å²) in [4.78, 5) is 31.7. The van der Waals surface area contributed by atoms with Crippen LogP contribution in [0, 0.1) is 6.92 Å². The number of hydrogen-bond donors (Lipinski definition) is 2. The zero-order chi connectivity index (χ0) is 18.9. The minimum Gasteiger partial charge on any atom is -0.356 e. The molecule has 0 aliphatic rings. The number of aromatic nitrogens is 2. The molecule has 1 unspecified atom stereocenters. The fourth-order valence-corrected chi connectivity index (χ4v) is 3.60. The van der Waals surface area contributed by atoms with E-state index in [0.717, 1.165) is 19.3 Å². The molecule has 0 saturated heterocycles. The van der Waals surface area contributed by atoms with Gasteiger partial charge in [0.25, 0.3) is 5.56 Å². The third kappa shape index (κ3) is 6.02. The Morgan fingerprint density at radius 1 is 1.27 bits per heavy atom. The van der Waals surface area contributed by atoms with Crippen LogP contribution in [0.4, 0.5) is 0 Å². The molecule has 0 fully saturated rings. The number of amides is 1. The van der Waals surface area contributed by atoms with Gasteiger partial charge in [-0.15, -0.1) is 0 Å². The van der Waals surface area contributed by atoms with E-state index < -0.39 is 0 Å². The van der Waals surface area contributed by atoms with Crippen LogP contribution in [-0.4, -0.2) is 22.4 Å². The van der Waals surface area contributed by atoms with E-state index in [1.165, 1.54) is 17.3 Å². The molecule has 2 rings (SSSR count). The molecule has 26 heavy (non-hydrogen) atoms. The van der Waals surface area contributed by atoms with E-state index in [4.69, 9.17) is 0 Å². The van der Waals surface area contributed by atoms with E-state index in [1.54, 1.807) is 6.92 Å². The molecular formula is C20H27N3O2S. The predicted molar refractivity (Wildman–Crippen MR) is 107 cm³/mol. The molecule has 0 bridgehead atoms. The van der Waals surface area contributed by atoms with Crippen molar-refractivity contribution in [2.24, 2.45) is 0 Å². The van der Waals surface area contributed by atoms with Crippen LogP contribution in [0.2, 0.25) is 0 Å². The molecule has 0 saturated carbocycles. The third-order valence-corrected chi connectivity index (χ3v) is 5.24. The number of nitrogens with zero attached hydrogens (tertiary/aromatic N) is 1. The number of carbonyl (C=O) groups is 1. The maximum absolute atomic E-state index is 12.4. The van der Waals surface area contributed by atoms with Crippen LogP contribution in [0.25, 0.3) is 0 Å². The molecule has 0 radical (unpaired) electrons. The van der Waals surface area contributed by atoms with Crippen molar-refractivity contribution in [3.63, 3.8) is 0 Å². The van der Waals surface area contributed by atoms with Gasteiger partial charge in [-0.2, -0.15) is 0 Å². The summed E-state index contributed by atoms with van der Waals surface area (Å²) in [5.41, 5.74) is 1.99. The predicted octanol–water partition coefficient (Wildman–Crippen LogP) is 3.78. The Balaban J connectivity index is 2.01. The molecule has 1 aromatic heterocycles. The average Bonchev–Trinajstić information content (AvgIpc) is 2.62. The van der Waals surface area contributed by atoms with Crippen molar-refractivity contribution in [2.75, 3.05) is 6.54 Å². The maximum Gasteiger partial charge on any atom is 0.255 e. The quantitative estimate of drug-likeness (QED) is 0.398. The summed E-state index contributed by atoms with van der Waals surface area (Å²) in [7, 11) is 0. The van der Waals surface area contributed by atoms with E-state index >= 15 is 0 Å². The van der Waals surface area contributed by atoms with Crippen molar-refractivity contribution >= 4 is 17.7 Å². The summed E-state index contributed by atoms with van der Waals surface area (Å²) in [5.74, 6) is -0.130. The van der Waals surface area contributed by atoms with Crippen molar-refractivity contribution < 1.29 is 4.79 Å². The van der Waals surface area contributed by atoms with Gasteiger partial charge in [0, 0.05) is 23.1 Å². The summed E-state index contributed by atoms with van der Waals surface area (Å²) < 4.78 is 0. The van der Waals surface area contributed by atoms with Crippen LogP contribution in [0.5, 0.6) is 0 Å². The van der Waals surface area contributed by atoms with Gasteiger partial charge in [0.15, 0.2) is 5.16 Å². The Hall–Kier alpha value is -2.08. The maximum atomic E-state index is 12.4. The van der Waals surface area contributed by atoms with E-state index in [-0.39, 0.29) is 23.1 Å². The Morgan fingerprint density at radius 2 is 2.00 bits per heavy atom. The summed E-state index contributed by atoms with van der Waals surface area (Å²) in [6.45, 7) is 6.63. The molecule has 0 aliphatic carbocycles. The van der Waals surface area contributed by atoms with Gasteiger partial charge in [-0.1, -0.05) is 61.9 Å². The normalized spacial score (nSPS) is 12.0. The molecule has 140 valence electrons. The van der Waals surface area contributed by atoms with Crippen molar-refractivity contribution in [3.05, 3.63) is 57.5 Å². The molecule has 2 aromatic rings. The summed E-state index contributed by atoms with van der Waals surface area (Å²) in [5, 5.41) is 3.62. The van der Waals surface area contributed by atoms with Gasteiger partial charge in [0.2, 0.25) is 5.91 Å². The first-order chi connectivity index (χ1) is 12.5. The molecular weight excluding hydrogens is 346 g/mol. The summed E-state index contributed by atoms with van der Waals surface area (Å²) in [6, 6.07) is 10.1. The second-order valence-corrected chi connectivity index (χ2v) is 7.67. The largest absolute Gasteiger partial charge is 0.356 e. The molecule has 5 nitrogen and oxygen atoms in total. The number of aryl methyl sites for hydroxylation is 1. The van der Waals surface area contributed by atoms with E-state index in [2.05, 4.69) is 41.3 Å². The number of hydrogen-bond acceptors (Lipinski definition) is 4. The molecule has 2 N–H and O–H groups in total. The van der Waals surface area contributed by atoms with Gasteiger partial charge in [-0.25, -0.2) is 4.98 Å². The smallest absolute Gasteiger partial charge is 0.255 e. The Kier molecular flexibility index (Phi) is 7.91. The monoisotopic (exact) mass is 373 g/mol. The minimum atomic E-state index is -0.232. The molecule has 1 heterocycles. The molecule has 0 aliphatic heterocycles. The van der Waals surface area contributed by atoms with Gasteiger partial charge in [-0.05, 0) is 25.8 Å². The summed E-state index contributed by atoms with van der Waals surface area (Å²) >= 11 is 1.50. The summed E-state index contributed by atoms with van der Waals surface area (Å²) in [6.07, 6.45) is 3.23. The number of benzene rings is 1. The number of nitrogens with one attached hydrogen (secondary N) is 2. The highest BCUT2D eigenvalue weighted by atomic mass is 32.2. The van der Waals surface area contributed by atoms with Crippen molar-refractivity contribution in [1.82, 2.24) is 15.3 Å². The zero-order valence-electron chi connectivity index (χ0n) is 15.7. The number of unbranched alkanes of at least 4 members (excludes halogenated alkanes) is 2. The molecule has 1 amide bonds. The SMILES string of the molecule is CCCCCNC(=O)Cc1c(C)nc(SC(C)c2ccccc2)[nH]c1=O. The van der Waals surface area contributed by atoms with Crippen LogP contribution in [-0.2, 0) is 11.2 Å². The first kappa shape index (κ1) is 20.2. The van der Waals surface area contributed by atoms with E-state index in [9.17, 15) is 9.59 Å². The number of thioether (sulfide) groups is 1. The Morgan fingerprint density at radius 3 is 2.65 bits per heavy atom. The van der Waals surface area contributed by atoms with Crippen LogP contribution < -0.4 is 10.9 Å².